The number of hydrogen-bond acceptors (Lipinski definition) is 5. The van der Waals surface area contributed by atoms with E-state index in [0.29, 0.717) is 32.2 Å². The molecule has 3 saturated heterocycles. The number of nitriles is 1. The van der Waals surface area contributed by atoms with Crippen molar-refractivity contribution in [3.05, 3.63) is 0 Å². The van der Waals surface area contributed by atoms with Gasteiger partial charge in [-0.05, 0) is 44.4 Å². The van der Waals surface area contributed by atoms with E-state index in [1.165, 1.54) is 0 Å². The molecule has 0 unspecified atom stereocenters. The van der Waals surface area contributed by atoms with E-state index >= 15 is 0 Å². The minimum atomic E-state index is -5.26. The summed E-state index contributed by atoms with van der Waals surface area (Å²) in [5.41, 5.74) is 0. The molecule has 3 aliphatic heterocycles. The van der Waals surface area contributed by atoms with Crippen LogP contribution in [0.25, 0.3) is 0 Å². The Bertz CT molecular complexity index is 1030. The molecular weight excluding hydrogens is 529 g/mol. The topological polar surface area (TPSA) is 131 Å². The predicted octanol–water partition coefficient (Wildman–Crippen LogP) is 2.16. The van der Waals surface area contributed by atoms with Gasteiger partial charge in [-0.25, -0.2) is 8.78 Å². The first-order chi connectivity index (χ1) is 18.3. The van der Waals surface area contributed by atoms with Crippen LogP contribution in [0, 0.1) is 29.1 Å². The number of hydrogen-bond donors (Lipinski definition) is 3. The zero-order valence-corrected chi connectivity index (χ0v) is 21.2. The van der Waals surface area contributed by atoms with Crippen LogP contribution < -0.4 is 16.0 Å². The maximum atomic E-state index is 15.0. The highest BCUT2D eigenvalue weighted by atomic mass is 19.4. The highest BCUT2D eigenvalue weighted by Gasteiger charge is 2.61. The van der Waals surface area contributed by atoms with E-state index in [9.17, 15) is 46.4 Å². The first kappa shape index (κ1) is 29.0. The van der Waals surface area contributed by atoms with Gasteiger partial charge >= 0.3 is 12.1 Å². The summed E-state index contributed by atoms with van der Waals surface area (Å²) in [5, 5.41) is 16.4. The van der Waals surface area contributed by atoms with E-state index in [1.807, 2.05) is 6.07 Å². The molecule has 5 fully saturated rings. The number of carbonyl (C=O) groups is 4. The summed E-state index contributed by atoms with van der Waals surface area (Å²) in [6, 6.07) is -3.82. The molecule has 6 atom stereocenters. The van der Waals surface area contributed by atoms with Gasteiger partial charge in [0.05, 0.1) is 12.0 Å². The molecule has 14 heteroatoms. The largest absolute Gasteiger partial charge is 0.471 e. The lowest BCUT2D eigenvalue weighted by atomic mass is 9.71. The number of amides is 4. The molecule has 0 radical (unpaired) electrons. The van der Waals surface area contributed by atoms with Crippen LogP contribution in [0.4, 0.5) is 22.0 Å². The van der Waals surface area contributed by atoms with Crippen LogP contribution in [0.3, 0.4) is 0 Å². The van der Waals surface area contributed by atoms with Gasteiger partial charge in [0.25, 0.3) is 5.92 Å². The normalized spacial score (nSPS) is 29.8. The van der Waals surface area contributed by atoms with Crippen LogP contribution >= 0.6 is 0 Å². The van der Waals surface area contributed by atoms with Crippen molar-refractivity contribution in [1.82, 2.24) is 20.9 Å². The molecule has 3 heterocycles. The summed E-state index contributed by atoms with van der Waals surface area (Å²) in [4.78, 5) is 51.9. The third-order valence-electron chi connectivity index (χ3n) is 8.51. The Morgan fingerprint density at radius 1 is 1.08 bits per heavy atom. The molecule has 39 heavy (non-hydrogen) atoms. The van der Waals surface area contributed by atoms with E-state index in [2.05, 4.69) is 10.6 Å². The SMILES string of the molecule is N#C[C@@H](C[C@@H]1CCCNC1=O)NC(=O)[C@H]1[C@H]2CC[C@H](CC2(F)F)N1C(=O)[C@@H](CC1CCC1)NC(=O)C(F)(F)F. The van der Waals surface area contributed by atoms with Crippen LogP contribution in [0.15, 0.2) is 0 Å². The molecule has 2 aliphatic carbocycles. The molecular formula is C25H32F5N5O4. The third-order valence-corrected chi connectivity index (χ3v) is 8.51. The lowest BCUT2D eigenvalue weighted by Crippen LogP contribution is -2.71. The van der Waals surface area contributed by atoms with Crippen LogP contribution in [-0.4, -0.2) is 71.3 Å². The van der Waals surface area contributed by atoms with Gasteiger partial charge in [0.15, 0.2) is 0 Å². The standard InChI is InChI=1S/C25H32F5N5O4/c26-24(27)11-16-6-7-17(24)19(21(37)33-15(12-31)10-14-5-2-8-32-20(14)36)35(16)22(38)18(9-13-3-1-4-13)34-23(39)25(28,29)30/h13-19H,1-11H2,(H,32,36)(H,33,37)(H,34,39)/t14-,15+,16+,17+,18+,19+/m0/s1. The van der Waals surface area contributed by atoms with Gasteiger partial charge in [0, 0.05) is 24.9 Å². The van der Waals surface area contributed by atoms with Crippen LogP contribution in [-0.2, 0) is 19.2 Å². The minimum absolute atomic E-state index is 0.0504. The number of nitrogens with zero attached hydrogens (tertiary/aromatic N) is 2. The average Bonchev–Trinajstić information content (AvgIpc) is 2.84. The van der Waals surface area contributed by atoms with E-state index in [1.54, 1.807) is 5.32 Å². The summed E-state index contributed by atoms with van der Waals surface area (Å²) in [6.07, 6.45) is -2.84. The zero-order valence-electron chi connectivity index (χ0n) is 21.2. The maximum Gasteiger partial charge on any atom is 0.471 e. The van der Waals surface area contributed by atoms with Gasteiger partial charge in [0.1, 0.15) is 18.1 Å². The molecule has 4 amide bonds. The van der Waals surface area contributed by atoms with Crippen LogP contribution in [0.2, 0.25) is 0 Å². The molecule has 0 aromatic rings. The summed E-state index contributed by atoms with van der Waals surface area (Å²) in [6.45, 7) is 0.489. The zero-order chi connectivity index (χ0) is 28.5. The Labute approximate surface area is 222 Å². The number of nitrogens with one attached hydrogen (secondary N) is 3. The Kier molecular flexibility index (Phi) is 8.37. The van der Waals surface area contributed by atoms with Crippen molar-refractivity contribution in [1.29, 1.82) is 5.26 Å². The number of halogens is 5. The third kappa shape index (κ3) is 6.27. The van der Waals surface area contributed by atoms with Crippen molar-refractivity contribution in [2.45, 2.75) is 100 Å². The van der Waals surface area contributed by atoms with Gasteiger partial charge in [-0.2, -0.15) is 18.4 Å². The predicted molar refractivity (Wildman–Crippen MR) is 125 cm³/mol. The number of piperidine rings is 3. The monoisotopic (exact) mass is 561 g/mol. The lowest BCUT2D eigenvalue weighted by molar-refractivity contribution is -0.196. The number of carbonyl (C=O) groups excluding carboxylic acids is 4. The van der Waals surface area contributed by atoms with Crippen molar-refractivity contribution in [3.63, 3.8) is 0 Å². The van der Waals surface area contributed by atoms with E-state index in [-0.39, 0.29) is 37.5 Å². The summed E-state index contributed by atoms with van der Waals surface area (Å²) < 4.78 is 69.1. The highest BCUT2D eigenvalue weighted by Crippen LogP contribution is 2.49. The minimum Gasteiger partial charge on any atom is -0.356 e. The first-order valence-corrected chi connectivity index (χ1v) is 13.4. The molecule has 0 aromatic heterocycles. The van der Waals surface area contributed by atoms with Crippen molar-refractivity contribution in [2.75, 3.05) is 6.54 Å². The Balaban J connectivity index is 1.57. The molecule has 0 spiro atoms. The summed E-state index contributed by atoms with van der Waals surface area (Å²) in [5.74, 6) is -10.2. The van der Waals surface area contributed by atoms with Crippen LogP contribution in [0.5, 0.6) is 0 Å². The Hall–Kier alpha value is -2.98. The smallest absolute Gasteiger partial charge is 0.356 e. The second-order valence-electron chi connectivity index (χ2n) is 11.1. The van der Waals surface area contributed by atoms with E-state index in [0.717, 1.165) is 11.3 Å². The van der Waals surface area contributed by atoms with Gasteiger partial charge in [-0.3, -0.25) is 19.2 Å². The van der Waals surface area contributed by atoms with Crippen LogP contribution in [0.1, 0.15) is 64.2 Å². The van der Waals surface area contributed by atoms with Gasteiger partial charge in [-0.15, -0.1) is 0 Å². The Morgan fingerprint density at radius 3 is 2.36 bits per heavy atom. The lowest BCUT2D eigenvalue weighted by Gasteiger charge is -2.54. The fourth-order valence-electron chi connectivity index (χ4n) is 6.27. The molecule has 9 nitrogen and oxygen atoms in total. The summed E-state index contributed by atoms with van der Waals surface area (Å²) in [7, 11) is 0. The fraction of sp³-hybridized carbons (Fsp3) is 0.800. The second kappa shape index (κ2) is 11.3. The average molecular weight is 562 g/mol. The molecule has 216 valence electrons. The fourth-order valence-corrected chi connectivity index (χ4v) is 6.27. The number of fused-ring (bicyclic) bond motifs is 3. The molecule has 2 bridgehead atoms. The van der Waals surface area contributed by atoms with Gasteiger partial charge < -0.3 is 20.9 Å². The van der Waals surface area contributed by atoms with Crippen molar-refractivity contribution >= 4 is 23.6 Å². The number of alkyl halides is 5. The van der Waals surface area contributed by atoms with Crippen molar-refractivity contribution in [3.8, 4) is 6.07 Å². The van der Waals surface area contributed by atoms with E-state index < -0.39 is 72.2 Å². The quantitative estimate of drug-likeness (QED) is 0.391. The number of rotatable bonds is 8. The van der Waals surface area contributed by atoms with Crippen molar-refractivity contribution in [2.24, 2.45) is 17.8 Å². The molecule has 3 N–H and O–H groups in total. The van der Waals surface area contributed by atoms with E-state index in [4.69, 9.17) is 0 Å². The Morgan fingerprint density at radius 2 is 1.79 bits per heavy atom. The molecule has 2 saturated carbocycles. The second-order valence-corrected chi connectivity index (χ2v) is 11.1. The molecule has 5 rings (SSSR count). The first-order valence-electron chi connectivity index (χ1n) is 13.4. The highest BCUT2D eigenvalue weighted by molar-refractivity contribution is 5.94. The van der Waals surface area contributed by atoms with Crippen molar-refractivity contribution < 1.29 is 41.1 Å². The molecule has 0 aromatic carbocycles. The van der Waals surface area contributed by atoms with Gasteiger partial charge in [0.2, 0.25) is 17.7 Å². The van der Waals surface area contributed by atoms with Gasteiger partial charge in [-0.1, -0.05) is 19.3 Å². The summed E-state index contributed by atoms with van der Waals surface area (Å²) >= 11 is 0. The maximum absolute atomic E-state index is 15.0. The molecule has 5 aliphatic rings.